The zero-order chi connectivity index (χ0) is 17.0. The lowest BCUT2D eigenvalue weighted by Gasteiger charge is -2.36. The van der Waals surface area contributed by atoms with Crippen molar-refractivity contribution in [2.24, 2.45) is 0 Å². The van der Waals surface area contributed by atoms with E-state index in [4.69, 9.17) is 4.74 Å². The van der Waals surface area contributed by atoms with Gasteiger partial charge in [0.25, 0.3) is 11.6 Å². The number of nitro benzene ring substituents is 1. The maximum atomic E-state index is 12.4. The number of benzene rings is 1. The van der Waals surface area contributed by atoms with Gasteiger partial charge in [-0.1, -0.05) is 12.1 Å². The number of carbonyl (C=O) groups excluding carboxylic acids is 1. The molecule has 0 spiro atoms. The Morgan fingerprint density at radius 3 is 2.75 bits per heavy atom. The van der Waals surface area contributed by atoms with Crippen LogP contribution in [-0.2, 0) is 10.2 Å². The van der Waals surface area contributed by atoms with Crippen LogP contribution in [0.3, 0.4) is 0 Å². The number of carbonyl (C=O) groups is 1. The highest BCUT2D eigenvalue weighted by atomic mass is 32.1. The first-order valence-electron chi connectivity index (χ1n) is 7.75. The fraction of sp³-hybridized carbons (Fsp3) is 0.353. The summed E-state index contributed by atoms with van der Waals surface area (Å²) in [6.07, 6.45) is 1.70. The van der Waals surface area contributed by atoms with Crippen LogP contribution in [-0.4, -0.2) is 30.6 Å². The molecule has 0 bridgehead atoms. The minimum atomic E-state index is -0.498. The third kappa shape index (κ3) is 3.47. The number of hydrogen-bond donors (Lipinski definition) is 1. The van der Waals surface area contributed by atoms with Crippen LogP contribution in [0.25, 0.3) is 0 Å². The van der Waals surface area contributed by atoms with Gasteiger partial charge in [0, 0.05) is 47.7 Å². The summed E-state index contributed by atoms with van der Waals surface area (Å²) < 4.78 is 5.47. The number of nitrogens with one attached hydrogen (secondary N) is 1. The third-order valence-corrected chi connectivity index (χ3v) is 5.52. The quantitative estimate of drug-likeness (QED) is 0.666. The maximum Gasteiger partial charge on any atom is 0.270 e. The lowest BCUT2D eigenvalue weighted by molar-refractivity contribution is -0.384. The summed E-state index contributed by atoms with van der Waals surface area (Å²) in [5.41, 5.74) is 0.0993. The molecule has 1 amide bonds. The Labute approximate surface area is 143 Å². The molecule has 0 atom stereocenters. The van der Waals surface area contributed by atoms with Gasteiger partial charge in [-0.25, -0.2) is 0 Å². The molecule has 0 unspecified atom stereocenters. The summed E-state index contributed by atoms with van der Waals surface area (Å²) in [7, 11) is 0. The van der Waals surface area contributed by atoms with Gasteiger partial charge in [0.2, 0.25) is 0 Å². The Morgan fingerprint density at radius 1 is 1.29 bits per heavy atom. The molecule has 126 valence electrons. The highest BCUT2D eigenvalue weighted by Gasteiger charge is 2.35. The van der Waals surface area contributed by atoms with Crippen molar-refractivity contribution in [1.29, 1.82) is 0 Å². The van der Waals surface area contributed by atoms with Gasteiger partial charge in [0.1, 0.15) is 0 Å². The number of thiophene rings is 1. The fourth-order valence-electron chi connectivity index (χ4n) is 2.97. The largest absolute Gasteiger partial charge is 0.381 e. The summed E-state index contributed by atoms with van der Waals surface area (Å²) in [5.74, 6) is -0.291. The number of hydrogen-bond acceptors (Lipinski definition) is 5. The van der Waals surface area contributed by atoms with E-state index >= 15 is 0 Å². The molecular formula is C17H18N2O4S. The molecule has 0 aliphatic carbocycles. The van der Waals surface area contributed by atoms with Crippen molar-refractivity contribution in [3.63, 3.8) is 0 Å². The standard InChI is InChI=1S/C17H18N2O4S/c20-16(13-3-1-4-14(11-13)19(21)22)18-12-17(6-8-23-9-7-17)15-5-2-10-24-15/h1-5,10-11H,6-9,12H2,(H,18,20). The molecule has 1 aliphatic rings. The van der Waals surface area contributed by atoms with Gasteiger partial charge >= 0.3 is 0 Å². The number of ether oxygens (including phenoxy) is 1. The monoisotopic (exact) mass is 346 g/mol. The summed E-state index contributed by atoms with van der Waals surface area (Å²) in [4.78, 5) is 24.0. The maximum absolute atomic E-state index is 12.4. The van der Waals surface area contributed by atoms with E-state index in [0.29, 0.717) is 25.3 Å². The fourth-order valence-corrected chi connectivity index (χ4v) is 3.95. The molecule has 1 aromatic carbocycles. The Balaban J connectivity index is 1.74. The predicted molar refractivity (Wildman–Crippen MR) is 91.5 cm³/mol. The van der Waals surface area contributed by atoms with Crippen molar-refractivity contribution in [2.75, 3.05) is 19.8 Å². The first kappa shape index (κ1) is 16.6. The molecule has 2 heterocycles. The van der Waals surface area contributed by atoms with Crippen LogP contribution < -0.4 is 5.32 Å². The molecule has 1 fully saturated rings. The van der Waals surface area contributed by atoms with Crippen molar-refractivity contribution in [2.45, 2.75) is 18.3 Å². The number of non-ortho nitro benzene ring substituents is 1. The molecule has 24 heavy (non-hydrogen) atoms. The highest BCUT2D eigenvalue weighted by Crippen LogP contribution is 2.37. The van der Waals surface area contributed by atoms with E-state index in [2.05, 4.69) is 11.4 Å². The van der Waals surface area contributed by atoms with Crippen molar-refractivity contribution in [1.82, 2.24) is 5.32 Å². The van der Waals surface area contributed by atoms with Gasteiger partial charge < -0.3 is 10.1 Å². The summed E-state index contributed by atoms with van der Waals surface area (Å²) >= 11 is 1.69. The van der Waals surface area contributed by atoms with Crippen LogP contribution in [0.4, 0.5) is 5.69 Å². The van der Waals surface area contributed by atoms with Crippen molar-refractivity contribution < 1.29 is 14.5 Å². The second kappa shape index (κ2) is 7.11. The first-order chi connectivity index (χ1) is 11.6. The van der Waals surface area contributed by atoms with E-state index in [0.717, 1.165) is 12.8 Å². The third-order valence-electron chi connectivity index (χ3n) is 4.40. The molecule has 1 saturated heterocycles. The topological polar surface area (TPSA) is 81.5 Å². The Morgan fingerprint density at radius 2 is 2.08 bits per heavy atom. The van der Waals surface area contributed by atoms with Gasteiger partial charge in [-0.3, -0.25) is 14.9 Å². The normalized spacial score (nSPS) is 16.5. The predicted octanol–water partition coefficient (Wildman–Crippen LogP) is 3.13. The lowest BCUT2D eigenvalue weighted by Crippen LogP contribution is -2.44. The number of rotatable bonds is 5. The van der Waals surface area contributed by atoms with E-state index in [1.54, 1.807) is 17.4 Å². The van der Waals surface area contributed by atoms with Gasteiger partial charge in [-0.05, 0) is 30.4 Å². The van der Waals surface area contributed by atoms with E-state index in [-0.39, 0.29) is 17.0 Å². The Kier molecular flexibility index (Phi) is 4.92. The SMILES string of the molecule is O=C(NCC1(c2cccs2)CCOCC1)c1cccc([N+](=O)[O-])c1. The Bertz CT molecular complexity index is 724. The van der Waals surface area contributed by atoms with Gasteiger partial charge in [0.15, 0.2) is 0 Å². The van der Waals surface area contributed by atoms with Crippen LogP contribution in [0.15, 0.2) is 41.8 Å². The minimum absolute atomic E-state index is 0.0818. The molecular weight excluding hydrogens is 328 g/mol. The number of nitrogens with zero attached hydrogens (tertiary/aromatic N) is 1. The smallest absolute Gasteiger partial charge is 0.270 e. The minimum Gasteiger partial charge on any atom is -0.381 e. The second-order valence-electron chi connectivity index (χ2n) is 5.86. The van der Waals surface area contributed by atoms with Crippen LogP contribution >= 0.6 is 11.3 Å². The van der Waals surface area contributed by atoms with E-state index in [1.807, 2.05) is 11.4 Å². The van der Waals surface area contributed by atoms with Crippen LogP contribution in [0.1, 0.15) is 28.1 Å². The van der Waals surface area contributed by atoms with E-state index < -0.39 is 4.92 Å². The zero-order valence-electron chi connectivity index (χ0n) is 13.1. The molecule has 6 nitrogen and oxygen atoms in total. The molecule has 2 aromatic rings. The Hall–Kier alpha value is -2.25. The summed E-state index contributed by atoms with van der Waals surface area (Å²) in [5, 5.41) is 15.8. The average molecular weight is 346 g/mol. The molecule has 1 aromatic heterocycles. The van der Waals surface area contributed by atoms with Gasteiger partial charge in [0.05, 0.1) is 4.92 Å². The van der Waals surface area contributed by atoms with E-state index in [1.165, 1.54) is 23.1 Å². The molecule has 0 saturated carbocycles. The molecule has 0 radical (unpaired) electrons. The average Bonchev–Trinajstić information content (AvgIpc) is 3.16. The van der Waals surface area contributed by atoms with Crippen molar-refractivity contribution >= 4 is 22.9 Å². The highest BCUT2D eigenvalue weighted by molar-refractivity contribution is 7.10. The van der Waals surface area contributed by atoms with Crippen LogP contribution in [0.5, 0.6) is 0 Å². The van der Waals surface area contributed by atoms with E-state index in [9.17, 15) is 14.9 Å². The lowest BCUT2D eigenvalue weighted by atomic mass is 9.78. The second-order valence-corrected chi connectivity index (χ2v) is 6.81. The molecule has 3 rings (SSSR count). The number of nitro groups is 1. The summed E-state index contributed by atoms with van der Waals surface area (Å²) in [6, 6.07) is 9.90. The molecule has 1 aliphatic heterocycles. The van der Waals surface area contributed by atoms with Crippen molar-refractivity contribution in [3.05, 3.63) is 62.3 Å². The van der Waals surface area contributed by atoms with Gasteiger partial charge in [-0.2, -0.15) is 0 Å². The molecule has 7 heteroatoms. The van der Waals surface area contributed by atoms with Crippen LogP contribution in [0, 0.1) is 10.1 Å². The zero-order valence-corrected chi connectivity index (χ0v) is 13.9. The van der Waals surface area contributed by atoms with Crippen molar-refractivity contribution in [3.8, 4) is 0 Å². The molecule has 1 N–H and O–H groups in total. The summed E-state index contributed by atoms with van der Waals surface area (Å²) in [6.45, 7) is 1.84. The van der Waals surface area contributed by atoms with Crippen LogP contribution in [0.2, 0.25) is 0 Å². The first-order valence-corrected chi connectivity index (χ1v) is 8.63. The van der Waals surface area contributed by atoms with Gasteiger partial charge in [-0.15, -0.1) is 11.3 Å². The number of amides is 1.